The number of nitrogens with two attached hydrogens (primary N) is 1. The zero-order valence-corrected chi connectivity index (χ0v) is 8.50. The number of rotatable bonds is 2. The molecule has 1 unspecified atom stereocenters. The molecule has 1 atom stereocenters. The molecule has 0 heterocycles. The summed E-state index contributed by atoms with van der Waals surface area (Å²) in [6.45, 7) is 8.17. The molecule has 0 bridgehead atoms. The van der Waals surface area contributed by atoms with Crippen LogP contribution in [0.25, 0.3) is 0 Å². The van der Waals surface area contributed by atoms with Crippen LogP contribution in [-0.2, 0) is 0 Å². The number of nitrogens with zero attached hydrogens (tertiary/aromatic N) is 3. The zero-order chi connectivity index (χ0) is 9.83. The van der Waals surface area contributed by atoms with Gasteiger partial charge in [0.2, 0.25) is 0 Å². The predicted molar refractivity (Wildman–Crippen MR) is 51.3 cm³/mol. The van der Waals surface area contributed by atoms with E-state index in [0.717, 1.165) is 0 Å². The van der Waals surface area contributed by atoms with Crippen LogP contribution in [0.1, 0.15) is 27.7 Å². The Hall–Kier alpha value is -0.930. The minimum absolute atomic E-state index is 0.0324. The zero-order valence-electron chi connectivity index (χ0n) is 8.50. The van der Waals surface area contributed by atoms with E-state index < -0.39 is 5.54 Å². The van der Waals surface area contributed by atoms with Gasteiger partial charge < -0.3 is 5.84 Å². The Morgan fingerprint density at radius 3 is 1.92 bits per heavy atom. The molecule has 0 saturated carbocycles. The van der Waals surface area contributed by atoms with E-state index in [-0.39, 0.29) is 5.41 Å². The number of azo groups is 1. The molecule has 0 aliphatic rings. The van der Waals surface area contributed by atoms with Gasteiger partial charge in [-0.3, -0.25) is 0 Å². The van der Waals surface area contributed by atoms with Gasteiger partial charge in [-0.1, -0.05) is 20.8 Å². The summed E-state index contributed by atoms with van der Waals surface area (Å²) in [5, 5.41) is 11.4. The number of hydrogen-bond donors (Lipinski definition) is 1. The quantitative estimate of drug-likeness (QED) is 0.292. The van der Waals surface area contributed by atoms with E-state index in [1.165, 1.54) is 0 Å². The van der Waals surface area contributed by atoms with Crippen LogP contribution in [0.5, 0.6) is 0 Å². The van der Waals surface area contributed by atoms with Crippen molar-refractivity contribution in [3.8, 4) is 0 Å². The maximum absolute atomic E-state index is 5.11. The molecule has 0 aromatic carbocycles. The van der Waals surface area contributed by atoms with E-state index in [0.29, 0.717) is 0 Å². The maximum atomic E-state index is 5.11. The Morgan fingerprint density at radius 2 is 1.67 bits per heavy atom. The summed E-state index contributed by atoms with van der Waals surface area (Å²) in [5.41, 5.74) is -0.452. The molecule has 70 valence electrons. The van der Waals surface area contributed by atoms with Gasteiger partial charge >= 0.3 is 0 Å². The van der Waals surface area contributed by atoms with E-state index in [4.69, 9.17) is 5.84 Å². The molecule has 4 nitrogen and oxygen atoms in total. The second kappa shape index (κ2) is 3.65. The maximum Gasteiger partial charge on any atom is 0.120 e. The van der Waals surface area contributed by atoms with Crippen molar-refractivity contribution < 1.29 is 0 Å². The van der Waals surface area contributed by atoms with E-state index in [1.807, 2.05) is 6.92 Å². The van der Waals surface area contributed by atoms with Crippen LogP contribution < -0.4 is 5.84 Å². The molecule has 2 N–H and O–H groups in total. The van der Waals surface area contributed by atoms with Gasteiger partial charge in [0, 0.05) is 7.05 Å². The smallest absolute Gasteiger partial charge is 0.120 e. The lowest BCUT2D eigenvalue weighted by molar-refractivity contribution is 0.280. The molecule has 0 aromatic heterocycles. The molecule has 0 aliphatic carbocycles. The Labute approximate surface area is 73.9 Å². The van der Waals surface area contributed by atoms with Gasteiger partial charge in [-0.05, 0) is 12.3 Å². The van der Waals surface area contributed by atoms with Crippen molar-refractivity contribution in [1.29, 1.82) is 0 Å². The first-order chi connectivity index (χ1) is 5.37. The fourth-order valence-electron chi connectivity index (χ4n) is 0.722. The van der Waals surface area contributed by atoms with E-state index in [2.05, 4.69) is 36.1 Å². The predicted octanol–water partition coefficient (Wildman–Crippen LogP) is 1.82. The lowest BCUT2D eigenvalue weighted by Crippen LogP contribution is -2.39. The summed E-state index contributed by atoms with van der Waals surface area (Å²) in [7, 11) is 1.65. The molecule has 0 radical (unpaired) electrons. The van der Waals surface area contributed by atoms with Gasteiger partial charge in [-0.15, -0.1) is 0 Å². The number of hydrazone groups is 1. The Morgan fingerprint density at radius 1 is 1.17 bits per heavy atom. The molecule has 0 aromatic rings. The van der Waals surface area contributed by atoms with Gasteiger partial charge in [-0.25, -0.2) is 0 Å². The third kappa shape index (κ3) is 2.29. The van der Waals surface area contributed by atoms with Crippen LogP contribution in [0.15, 0.2) is 15.3 Å². The van der Waals surface area contributed by atoms with Crippen molar-refractivity contribution >= 4 is 6.21 Å². The van der Waals surface area contributed by atoms with E-state index >= 15 is 0 Å². The standard InChI is InChI=1S/C8H18N4/c1-7(2,3)8(4,6-11-9)12-10-5/h6H,9H2,1-5H3/b11-6-,12-10?. The van der Waals surface area contributed by atoms with Crippen molar-refractivity contribution in [3.05, 3.63) is 0 Å². The van der Waals surface area contributed by atoms with Crippen molar-refractivity contribution in [3.63, 3.8) is 0 Å². The van der Waals surface area contributed by atoms with Gasteiger partial charge in [0.1, 0.15) is 5.54 Å². The topological polar surface area (TPSA) is 63.1 Å². The Bertz CT molecular complexity index is 176. The molecule has 0 aliphatic heterocycles. The second-order valence-corrected chi connectivity index (χ2v) is 3.98. The van der Waals surface area contributed by atoms with Gasteiger partial charge in [0.25, 0.3) is 0 Å². The summed E-state index contributed by atoms with van der Waals surface area (Å²) in [6.07, 6.45) is 1.62. The molecular weight excluding hydrogens is 152 g/mol. The average Bonchev–Trinajstić information content (AvgIpc) is 1.86. The Balaban J connectivity index is 4.87. The van der Waals surface area contributed by atoms with Crippen LogP contribution in [0.3, 0.4) is 0 Å². The summed E-state index contributed by atoms with van der Waals surface area (Å²) < 4.78 is 0. The van der Waals surface area contributed by atoms with Crippen LogP contribution >= 0.6 is 0 Å². The van der Waals surface area contributed by atoms with E-state index in [9.17, 15) is 0 Å². The monoisotopic (exact) mass is 170 g/mol. The summed E-state index contributed by atoms with van der Waals surface area (Å²) in [4.78, 5) is 0. The van der Waals surface area contributed by atoms with Crippen LogP contribution in [0.2, 0.25) is 0 Å². The molecule has 0 rings (SSSR count). The van der Waals surface area contributed by atoms with Crippen molar-refractivity contribution in [2.75, 3.05) is 7.05 Å². The minimum atomic E-state index is -0.420. The molecule has 4 heteroatoms. The minimum Gasteiger partial charge on any atom is -0.324 e. The van der Waals surface area contributed by atoms with Crippen LogP contribution in [0, 0.1) is 5.41 Å². The molecule has 0 saturated heterocycles. The molecule has 12 heavy (non-hydrogen) atoms. The lowest BCUT2D eigenvalue weighted by atomic mass is 9.76. The van der Waals surface area contributed by atoms with Gasteiger partial charge in [0.05, 0.1) is 6.21 Å². The third-order valence-electron chi connectivity index (χ3n) is 2.15. The van der Waals surface area contributed by atoms with Crippen molar-refractivity contribution in [2.45, 2.75) is 33.2 Å². The third-order valence-corrected chi connectivity index (χ3v) is 2.15. The molecular formula is C8H18N4. The van der Waals surface area contributed by atoms with Gasteiger partial charge in [-0.2, -0.15) is 15.3 Å². The highest BCUT2D eigenvalue weighted by atomic mass is 15.2. The number of hydrogen-bond acceptors (Lipinski definition) is 4. The molecule has 0 amide bonds. The first-order valence-electron chi connectivity index (χ1n) is 3.93. The van der Waals surface area contributed by atoms with Crippen molar-refractivity contribution in [2.24, 2.45) is 26.6 Å². The summed E-state index contributed by atoms with van der Waals surface area (Å²) in [6, 6.07) is 0. The average molecular weight is 170 g/mol. The first kappa shape index (κ1) is 11.1. The van der Waals surface area contributed by atoms with Crippen LogP contribution in [0.4, 0.5) is 0 Å². The fraction of sp³-hybridized carbons (Fsp3) is 0.875. The normalized spacial score (nSPS) is 18.8. The van der Waals surface area contributed by atoms with E-state index in [1.54, 1.807) is 13.3 Å². The molecule has 0 spiro atoms. The summed E-state index contributed by atoms with van der Waals surface area (Å²) in [5.74, 6) is 5.11. The fourth-order valence-corrected chi connectivity index (χ4v) is 0.722. The van der Waals surface area contributed by atoms with Crippen LogP contribution in [-0.4, -0.2) is 18.8 Å². The molecule has 0 fully saturated rings. The first-order valence-corrected chi connectivity index (χ1v) is 3.93. The summed E-state index contributed by atoms with van der Waals surface area (Å²) >= 11 is 0. The van der Waals surface area contributed by atoms with Gasteiger partial charge in [0.15, 0.2) is 0 Å². The Kier molecular flexibility index (Phi) is 3.36. The lowest BCUT2D eigenvalue weighted by Gasteiger charge is -2.33. The highest BCUT2D eigenvalue weighted by Crippen LogP contribution is 2.32. The largest absolute Gasteiger partial charge is 0.324 e. The van der Waals surface area contributed by atoms with Crippen molar-refractivity contribution in [1.82, 2.24) is 0 Å². The SMILES string of the molecule is CN=NC(C)(/C=N\N)C(C)(C)C. The highest BCUT2D eigenvalue weighted by molar-refractivity contribution is 5.70. The highest BCUT2D eigenvalue weighted by Gasteiger charge is 2.36. The second-order valence-electron chi connectivity index (χ2n) is 3.98.